The van der Waals surface area contributed by atoms with Gasteiger partial charge in [-0.05, 0) is 37.8 Å². The van der Waals surface area contributed by atoms with Crippen LogP contribution in [-0.2, 0) is 0 Å². The molecule has 2 bridgehead atoms. The second kappa shape index (κ2) is 6.32. The van der Waals surface area contributed by atoms with Crippen molar-refractivity contribution in [1.82, 2.24) is 9.97 Å². The first-order valence-electron chi connectivity index (χ1n) is 9.54. The van der Waals surface area contributed by atoms with Crippen LogP contribution in [-0.4, -0.2) is 22.6 Å². The Kier molecular flexibility index (Phi) is 4.14. The summed E-state index contributed by atoms with van der Waals surface area (Å²) in [5.41, 5.74) is 3.04. The lowest BCUT2D eigenvalue weighted by Gasteiger charge is -2.47. The van der Waals surface area contributed by atoms with Crippen LogP contribution >= 0.6 is 0 Å². The van der Waals surface area contributed by atoms with Crippen molar-refractivity contribution in [3.05, 3.63) is 47.3 Å². The summed E-state index contributed by atoms with van der Waals surface area (Å²) >= 11 is 0. The highest BCUT2D eigenvalue weighted by Crippen LogP contribution is 2.48. The Morgan fingerprint density at radius 2 is 1.80 bits per heavy atom. The summed E-state index contributed by atoms with van der Waals surface area (Å²) in [5, 5.41) is 3.46. The molecule has 1 N–H and O–H groups in total. The van der Waals surface area contributed by atoms with Crippen LogP contribution in [0.5, 0.6) is 0 Å². The van der Waals surface area contributed by atoms with Gasteiger partial charge in [-0.25, -0.2) is 9.97 Å². The fraction of sp³-hybridized carbons (Fsp3) is 0.524. The van der Waals surface area contributed by atoms with E-state index in [1.165, 1.54) is 18.4 Å². The van der Waals surface area contributed by atoms with Gasteiger partial charge in [0.05, 0.1) is 6.04 Å². The van der Waals surface area contributed by atoms with Gasteiger partial charge in [0.2, 0.25) is 0 Å². The van der Waals surface area contributed by atoms with E-state index in [4.69, 9.17) is 9.97 Å². The molecule has 0 unspecified atom stereocenters. The number of nitrogens with one attached hydrogen (secondary N) is 1. The Morgan fingerprint density at radius 3 is 2.52 bits per heavy atom. The monoisotopic (exact) mass is 336 g/mol. The van der Waals surface area contributed by atoms with Gasteiger partial charge in [-0.3, -0.25) is 0 Å². The van der Waals surface area contributed by atoms with E-state index in [-0.39, 0.29) is 0 Å². The van der Waals surface area contributed by atoms with Crippen LogP contribution in [0.1, 0.15) is 75.4 Å². The second-order valence-corrected chi connectivity index (χ2v) is 7.99. The van der Waals surface area contributed by atoms with Crippen molar-refractivity contribution in [2.45, 2.75) is 64.5 Å². The number of aromatic nitrogens is 2. The molecule has 25 heavy (non-hydrogen) atoms. The maximum absolute atomic E-state index is 4.93. The highest BCUT2D eigenvalue weighted by molar-refractivity contribution is 5.55. The number of hydrogen-bond acceptors (Lipinski definition) is 4. The van der Waals surface area contributed by atoms with Crippen molar-refractivity contribution in [1.29, 1.82) is 0 Å². The van der Waals surface area contributed by atoms with Gasteiger partial charge >= 0.3 is 0 Å². The van der Waals surface area contributed by atoms with Gasteiger partial charge in [-0.1, -0.05) is 38.1 Å². The van der Waals surface area contributed by atoms with Crippen LogP contribution in [0.15, 0.2) is 30.3 Å². The number of fused-ring (bicyclic) bond motifs is 2. The second-order valence-electron chi connectivity index (χ2n) is 7.99. The van der Waals surface area contributed by atoms with Gasteiger partial charge < -0.3 is 10.2 Å². The lowest BCUT2D eigenvalue weighted by atomic mass is 9.75. The Balaban J connectivity index is 1.74. The van der Waals surface area contributed by atoms with E-state index in [0.717, 1.165) is 24.0 Å². The van der Waals surface area contributed by atoms with E-state index < -0.39 is 0 Å². The molecule has 0 radical (unpaired) electrons. The minimum absolute atomic E-state index is 0.321. The third-order valence-electron chi connectivity index (χ3n) is 5.35. The van der Waals surface area contributed by atoms with Crippen molar-refractivity contribution in [3.63, 3.8) is 0 Å². The standard InChI is InChI=1S/C21H28N4/c1-13(2)21-23-19(22-14(3)4)11-20(24-21)25-12-15-9-10-18(25)17-8-6-5-7-16(15)17/h5-8,11,13-15,18H,9-10,12H2,1-4H3,(H,22,23,24)/t15-,18+/m1/s1. The van der Waals surface area contributed by atoms with Gasteiger partial charge in [0.1, 0.15) is 17.5 Å². The molecule has 5 rings (SSSR count). The molecule has 0 amide bonds. The number of hydrogen-bond donors (Lipinski definition) is 1. The summed E-state index contributed by atoms with van der Waals surface area (Å²) in [7, 11) is 0. The molecule has 2 aromatic rings. The molecular formula is C21H28N4. The maximum atomic E-state index is 4.93. The number of anilines is 2. The molecular weight excluding hydrogens is 308 g/mol. The van der Waals surface area contributed by atoms with Gasteiger partial charge in [-0.15, -0.1) is 0 Å². The first-order chi connectivity index (χ1) is 12.0. The molecule has 1 saturated heterocycles. The average Bonchev–Trinajstić information content (AvgIpc) is 2.61. The first-order valence-corrected chi connectivity index (χ1v) is 9.54. The van der Waals surface area contributed by atoms with Crippen LogP contribution in [0.25, 0.3) is 0 Å². The van der Waals surface area contributed by atoms with E-state index in [2.05, 4.69) is 68.2 Å². The summed E-state index contributed by atoms with van der Waals surface area (Å²) in [4.78, 5) is 12.2. The summed E-state index contributed by atoms with van der Waals surface area (Å²) in [6, 6.07) is 11.9. The number of rotatable bonds is 4. The fourth-order valence-corrected chi connectivity index (χ4v) is 4.22. The normalized spacial score (nSPS) is 21.8. The van der Waals surface area contributed by atoms with E-state index in [1.807, 2.05) is 0 Å². The molecule has 1 aliphatic carbocycles. The van der Waals surface area contributed by atoms with Crippen molar-refractivity contribution >= 4 is 11.6 Å². The molecule has 1 fully saturated rings. The SMILES string of the molecule is CC(C)Nc1cc(N2C[C@H]3CC[C@H]2c2ccccc23)nc(C(C)C)n1. The van der Waals surface area contributed by atoms with Crippen LogP contribution < -0.4 is 10.2 Å². The lowest BCUT2D eigenvalue weighted by molar-refractivity contribution is 0.386. The molecule has 1 aromatic heterocycles. The van der Waals surface area contributed by atoms with Crippen LogP contribution in [0, 0.1) is 0 Å². The topological polar surface area (TPSA) is 41.0 Å². The molecule has 2 aliphatic heterocycles. The zero-order valence-electron chi connectivity index (χ0n) is 15.7. The minimum atomic E-state index is 0.321. The molecule has 2 atom stereocenters. The van der Waals surface area contributed by atoms with Crippen LogP contribution in [0.4, 0.5) is 11.6 Å². The predicted molar refractivity (Wildman–Crippen MR) is 103 cm³/mol. The van der Waals surface area contributed by atoms with E-state index in [0.29, 0.717) is 23.9 Å². The Bertz CT molecular complexity index is 768. The average molecular weight is 336 g/mol. The molecule has 4 heteroatoms. The predicted octanol–water partition coefficient (Wildman–Crippen LogP) is 4.86. The van der Waals surface area contributed by atoms with Crippen molar-refractivity contribution in [3.8, 4) is 0 Å². The van der Waals surface area contributed by atoms with Gasteiger partial charge in [-0.2, -0.15) is 0 Å². The van der Waals surface area contributed by atoms with Crippen molar-refractivity contribution < 1.29 is 0 Å². The highest BCUT2D eigenvalue weighted by atomic mass is 15.2. The van der Waals surface area contributed by atoms with E-state index in [1.54, 1.807) is 5.56 Å². The van der Waals surface area contributed by atoms with Gasteiger partial charge in [0, 0.05) is 30.5 Å². The molecule has 4 nitrogen and oxygen atoms in total. The lowest BCUT2D eigenvalue weighted by Crippen LogP contribution is -2.43. The summed E-state index contributed by atoms with van der Waals surface area (Å²) in [6.45, 7) is 9.69. The third kappa shape index (κ3) is 2.99. The molecule has 1 aromatic carbocycles. The van der Waals surface area contributed by atoms with Gasteiger partial charge in [0.15, 0.2) is 0 Å². The number of piperidine rings is 1. The summed E-state index contributed by atoms with van der Waals surface area (Å²) < 4.78 is 0. The van der Waals surface area contributed by atoms with Crippen LogP contribution in [0.2, 0.25) is 0 Å². The largest absolute Gasteiger partial charge is 0.368 e. The molecule has 0 spiro atoms. The summed E-state index contributed by atoms with van der Waals surface area (Å²) in [5.74, 6) is 3.89. The molecule has 3 heterocycles. The summed E-state index contributed by atoms with van der Waals surface area (Å²) in [6.07, 6.45) is 2.51. The maximum Gasteiger partial charge on any atom is 0.135 e. The van der Waals surface area contributed by atoms with E-state index in [9.17, 15) is 0 Å². The van der Waals surface area contributed by atoms with Crippen molar-refractivity contribution in [2.75, 3.05) is 16.8 Å². The van der Waals surface area contributed by atoms with Gasteiger partial charge in [0.25, 0.3) is 0 Å². The number of benzene rings is 1. The quantitative estimate of drug-likeness (QED) is 0.866. The van der Waals surface area contributed by atoms with Crippen molar-refractivity contribution in [2.24, 2.45) is 0 Å². The highest BCUT2D eigenvalue weighted by Gasteiger charge is 2.38. The first kappa shape index (κ1) is 16.4. The smallest absolute Gasteiger partial charge is 0.135 e. The van der Waals surface area contributed by atoms with Crippen LogP contribution in [0.3, 0.4) is 0 Å². The molecule has 132 valence electrons. The van der Waals surface area contributed by atoms with E-state index >= 15 is 0 Å². The minimum Gasteiger partial charge on any atom is -0.368 e. The zero-order valence-corrected chi connectivity index (χ0v) is 15.7. The Labute approximate surface area is 150 Å². The number of nitrogens with zero attached hydrogens (tertiary/aromatic N) is 3. The Hall–Kier alpha value is -2.10. The Morgan fingerprint density at radius 1 is 1.04 bits per heavy atom. The molecule has 3 aliphatic rings. The zero-order chi connectivity index (χ0) is 17.6. The molecule has 0 saturated carbocycles. The fourth-order valence-electron chi connectivity index (χ4n) is 4.22. The third-order valence-corrected chi connectivity index (χ3v) is 5.35.